The molecule has 0 unspecified atom stereocenters. The lowest BCUT2D eigenvalue weighted by Gasteiger charge is -2.06. The van der Waals surface area contributed by atoms with Gasteiger partial charge in [-0.25, -0.2) is 4.98 Å². The molecule has 0 bridgehead atoms. The highest BCUT2D eigenvalue weighted by Gasteiger charge is 2.10. The number of fused-ring (bicyclic) bond motifs is 1. The summed E-state index contributed by atoms with van der Waals surface area (Å²) in [4.78, 5) is 19.6. The van der Waals surface area contributed by atoms with E-state index in [0.717, 1.165) is 23.1 Å². The van der Waals surface area contributed by atoms with Crippen molar-refractivity contribution in [1.82, 2.24) is 19.9 Å². The Balaban J connectivity index is 1.68. The van der Waals surface area contributed by atoms with Gasteiger partial charge in [0, 0.05) is 55.1 Å². The van der Waals surface area contributed by atoms with Gasteiger partial charge in [-0.15, -0.1) is 0 Å². The fourth-order valence-electron chi connectivity index (χ4n) is 2.30. The fourth-order valence-corrected chi connectivity index (χ4v) is 2.30. The maximum absolute atomic E-state index is 12.2. The number of imidazole rings is 1. The number of aryl methyl sites for hydroxylation is 1. The molecule has 0 aliphatic carbocycles. The van der Waals surface area contributed by atoms with Gasteiger partial charge in [0.25, 0.3) is 5.91 Å². The molecule has 0 saturated carbocycles. The number of carbonyl (C=O) groups excluding carboxylic acids is 1. The Morgan fingerprint density at radius 1 is 1.40 bits per heavy atom. The fraction of sp³-hybridized carbons (Fsp3) is 0.200. The largest absolute Gasteiger partial charge is 0.361 e. The number of nitrogens with one attached hydrogen (secondary N) is 2. The normalized spacial score (nSPS) is 10.8. The number of benzene rings is 1. The zero-order chi connectivity index (χ0) is 13.9. The smallest absolute Gasteiger partial charge is 0.251 e. The molecular formula is C15H16N4O. The Hall–Kier alpha value is -2.56. The van der Waals surface area contributed by atoms with E-state index in [1.54, 1.807) is 6.20 Å². The summed E-state index contributed by atoms with van der Waals surface area (Å²) >= 11 is 0. The summed E-state index contributed by atoms with van der Waals surface area (Å²) in [6.45, 7) is 0.574. The van der Waals surface area contributed by atoms with Crippen molar-refractivity contribution in [2.75, 3.05) is 6.54 Å². The van der Waals surface area contributed by atoms with Crippen LogP contribution in [0, 0.1) is 0 Å². The Bertz CT molecular complexity index is 741. The second kappa shape index (κ2) is 5.21. The highest BCUT2D eigenvalue weighted by Crippen LogP contribution is 2.17. The van der Waals surface area contributed by atoms with Gasteiger partial charge < -0.3 is 14.9 Å². The van der Waals surface area contributed by atoms with Crippen LogP contribution >= 0.6 is 0 Å². The average molecular weight is 268 g/mol. The maximum Gasteiger partial charge on any atom is 0.251 e. The number of rotatable bonds is 4. The van der Waals surface area contributed by atoms with E-state index in [1.165, 1.54) is 0 Å². The van der Waals surface area contributed by atoms with E-state index >= 15 is 0 Å². The Morgan fingerprint density at radius 2 is 2.30 bits per heavy atom. The number of hydrogen-bond donors (Lipinski definition) is 2. The predicted molar refractivity (Wildman–Crippen MR) is 77.5 cm³/mol. The predicted octanol–water partition coefficient (Wildman–Crippen LogP) is 1.87. The van der Waals surface area contributed by atoms with Gasteiger partial charge in [-0.2, -0.15) is 0 Å². The number of carbonyl (C=O) groups is 1. The molecule has 2 N–H and O–H groups in total. The number of hydrogen-bond acceptors (Lipinski definition) is 2. The van der Waals surface area contributed by atoms with Crippen molar-refractivity contribution in [3.05, 3.63) is 54.2 Å². The quantitative estimate of drug-likeness (QED) is 0.759. The molecule has 3 aromatic rings. The monoisotopic (exact) mass is 268 g/mol. The first kappa shape index (κ1) is 12.5. The van der Waals surface area contributed by atoms with Gasteiger partial charge in [-0.3, -0.25) is 4.79 Å². The second-order valence-electron chi connectivity index (χ2n) is 4.70. The van der Waals surface area contributed by atoms with Gasteiger partial charge in [-0.1, -0.05) is 6.07 Å². The first-order valence-corrected chi connectivity index (χ1v) is 6.56. The molecule has 20 heavy (non-hydrogen) atoms. The standard InChI is InChI=1S/C15H16N4O/c1-19-10-9-17-14(19)6-8-18-15(20)12-3-2-4-13-11(12)5-7-16-13/h2-5,7,9-10,16H,6,8H2,1H3,(H,18,20). The first-order chi connectivity index (χ1) is 9.75. The highest BCUT2D eigenvalue weighted by atomic mass is 16.1. The minimum absolute atomic E-state index is 0.0515. The highest BCUT2D eigenvalue weighted by molar-refractivity contribution is 6.06. The summed E-state index contributed by atoms with van der Waals surface area (Å²) in [5.41, 5.74) is 1.67. The molecule has 1 amide bonds. The van der Waals surface area contributed by atoms with Crippen LogP contribution in [-0.2, 0) is 13.5 Å². The SMILES string of the molecule is Cn1ccnc1CCNC(=O)c1cccc2[nH]ccc12. The molecule has 0 spiro atoms. The number of aromatic nitrogens is 3. The molecule has 0 fully saturated rings. The molecule has 102 valence electrons. The third-order valence-electron chi connectivity index (χ3n) is 3.39. The third-order valence-corrected chi connectivity index (χ3v) is 3.39. The lowest BCUT2D eigenvalue weighted by atomic mass is 10.1. The van der Waals surface area contributed by atoms with E-state index in [4.69, 9.17) is 0 Å². The third kappa shape index (κ3) is 2.30. The summed E-state index contributed by atoms with van der Waals surface area (Å²) in [6.07, 6.45) is 6.23. The van der Waals surface area contributed by atoms with Crippen LogP contribution in [0.4, 0.5) is 0 Å². The Kier molecular flexibility index (Phi) is 3.25. The van der Waals surface area contributed by atoms with Crippen molar-refractivity contribution in [2.45, 2.75) is 6.42 Å². The van der Waals surface area contributed by atoms with Crippen molar-refractivity contribution < 1.29 is 4.79 Å². The van der Waals surface area contributed by atoms with Crippen molar-refractivity contribution in [3.63, 3.8) is 0 Å². The molecule has 5 nitrogen and oxygen atoms in total. The summed E-state index contributed by atoms with van der Waals surface area (Å²) in [5, 5.41) is 3.89. The van der Waals surface area contributed by atoms with E-state index < -0.39 is 0 Å². The van der Waals surface area contributed by atoms with Crippen LogP contribution in [0.25, 0.3) is 10.9 Å². The van der Waals surface area contributed by atoms with Gasteiger partial charge in [-0.05, 0) is 18.2 Å². The number of aromatic amines is 1. The molecule has 2 aromatic heterocycles. The van der Waals surface area contributed by atoms with Gasteiger partial charge in [0.05, 0.1) is 0 Å². The van der Waals surface area contributed by atoms with Crippen molar-refractivity contribution in [1.29, 1.82) is 0 Å². The minimum atomic E-state index is -0.0515. The molecule has 2 heterocycles. The molecule has 0 aliphatic rings. The van der Waals surface area contributed by atoms with Gasteiger partial charge >= 0.3 is 0 Å². The van der Waals surface area contributed by atoms with Crippen LogP contribution < -0.4 is 5.32 Å². The lowest BCUT2D eigenvalue weighted by molar-refractivity contribution is 0.0955. The van der Waals surface area contributed by atoms with Gasteiger partial charge in [0.2, 0.25) is 0 Å². The molecular weight excluding hydrogens is 252 g/mol. The maximum atomic E-state index is 12.2. The van der Waals surface area contributed by atoms with Crippen LogP contribution in [0.5, 0.6) is 0 Å². The van der Waals surface area contributed by atoms with E-state index in [0.29, 0.717) is 12.1 Å². The number of amides is 1. The molecule has 3 rings (SSSR count). The zero-order valence-corrected chi connectivity index (χ0v) is 11.3. The summed E-state index contributed by atoms with van der Waals surface area (Å²) in [5.74, 6) is 0.912. The molecule has 0 atom stereocenters. The summed E-state index contributed by atoms with van der Waals surface area (Å²) in [6, 6.07) is 7.60. The number of nitrogens with zero attached hydrogens (tertiary/aromatic N) is 2. The zero-order valence-electron chi connectivity index (χ0n) is 11.3. The molecule has 0 radical (unpaired) electrons. The minimum Gasteiger partial charge on any atom is -0.361 e. The molecule has 0 saturated heterocycles. The van der Waals surface area contributed by atoms with E-state index in [1.807, 2.05) is 48.3 Å². The lowest BCUT2D eigenvalue weighted by Crippen LogP contribution is -2.26. The van der Waals surface area contributed by atoms with Crippen LogP contribution in [0.1, 0.15) is 16.2 Å². The Morgan fingerprint density at radius 3 is 3.10 bits per heavy atom. The van der Waals surface area contributed by atoms with Crippen LogP contribution in [-0.4, -0.2) is 27.0 Å². The first-order valence-electron chi connectivity index (χ1n) is 6.56. The van der Waals surface area contributed by atoms with Crippen LogP contribution in [0.2, 0.25) is 0 Å². The van der Waals surface area contributed by atoms with Gasteiger partial charge in [0.1, 0.15) is 5.82 Å². The average Bonchev–Trinajstić information content (AvgIpc) is 3.07. The van der Waals surface area contributed by atoms with Crippen molar-refractivity contribution >= 4 is 16.8 Å². The topological polar surface area (TPSA) is 62.7 Å². The number of H-pyrrole nitrogens is 1. The van der Waals surface area contributed by atoms with E-state index in [-0.39, 0.29) is 5.91 Å². The Labute approximate surface area is 116 Å². The van der Waals surface area contributed by atoms with Crippen molar-refractivity contribution in [3.8, 4) is 0 Å². The molecule has 1 aromatic carbocycles. The van der Waals surface area contributed by atoms with Gasteiger partial charge in [0.15, 0.2) is 0 Å². The summed E-state index contributed by atoms with van der Waals surface area (Å²) < 4.78 is 1.96. The second-order valence-corrected chi connectivity index (χ2v) is 4.70. The van der Waals surface area contributed by atoms with Crippen LogP contribution in [0.3, 0.4) is 0 Å². The summed E-state index contributed by atoms with van der Waals surface area (Å²) in [7, 11) is 1.95. The van der Waals surface area contributed by atoms with Crippen LogP contribution in [0.15, 0.2) is 42.9 Å². The molecule has 5 heteroatoms. The van der Waals surface area contributed by atoms with E-state index in [2.05, 4.69) is 15.3 Å². The van der Waals surface area contributed by atoms with E-state index in [9.17, 15) is 4.79 Å². The molecule has 0 aliphatic heterocycles. The van der Waals surface area contributed by atoms with Crippen molar-refractivity contribution in [2.24, 2.45) is 7.05 Å².